The van der Waals surface area contributed by atoms with E-state index in [-0.39, 0.29) is 57.0 Å². The Morgan fingerprint density at radius 3 is 2.70 bits per heavy atom. The number of aliphatic hydroxyl groups excluding tert-OH is 4. The van der Waals surface area contributed by atoms with Crippen LogP contribution in [0.1, 0.15) is 31.7 Å². The molecule has 1 aromatic carbocycles. The fourth-order valence-electron chi connectivity index (χ4n) is 4.30. The third-order valence-corrected chi connectivity index (χ3v) is 6.30. The molecular weight excluding hydrogens is 490 g/mol. The summed E-state index contributed by atoms with van der Waals surface area (Å²) < 4.78 is 28.6. The maximum absolute atomic E-state index is 12.1. The molecule has 0 amide bonds. The molecule has 0 radical (unpaired) electrons. The Kier molecular flexibility index (Phi) is 10.5. The Balaban J connectivity index is 2.07. The van der Waals surface area contributed by atoms with Crippen molar-refractivity contribution in [2.45, 2.75) is 62.8 Å². The lowest BCUT2D eigenvalue weighted by atomic mass is 9.83. The summed E-state index contributed by atoms with van der Waals surface area (Å²) >= 11 is 0. The molecular formula is C25H37NO11. The molecule has 0 aliphatic carbocycles. The summed E-state index contributed by atoms with van der Waals surface area (Å²) in [4.78, 5) is 12.1. The van der Waals surface area contributed by atoms with Gasteiger partial charge in [-0.15, -0.1) is 0 Å². The molecule has 3 rings (SSSR count). The molecule has 6 N–H and O–H groups in total. The van der Waals surface area contributed by atoms with Gasteiger partial charge < -0.3 is 54.2 Å². The van der Waals surface area contributed by atoms with E-state index in [9.17, 15) is 30.3 Å². The lowest BCUT2D eigenvalue weighted by Gasteiger charge is -2.47. The van der Waals surface area contributed by atoms with E-state index in [0.717, 1.165) is 0 Å². The van der Waals surface area contributed by atoms with Gasteiger partial charge in [0.1, 0.15) is 24.9 Å². The van der Waals surface area contributed by atoms with E-state index in [1.54, 1.807) is 26.1 Å². The first-order chi connectivity index (χ1) is 17.8. The third kappa shape index (κ3) is 6.52. The molecule has 2 aromatic rings. The zero-order valence-electron chi connectivity index (χ0n) is 21.1. The van der Waals surface area contributed by atoms with E-state index in [1.807, 2.05) is 0 Å². The highest BCUT2D eigenvalue weighted by Crippen LogP contribution is 2.44. The lowest BCUT2D eigenvalue weighted by Crippen LogP contribution is -2.68. The van der Waals surface area contributed by atoms with Gasteiger partial charge in [0, 0.05) is 25.0 Å². The van der Waals surface area contributed by atoms with Crippen LogP contribution < -0.4 is 14.8 Å². The largest absolute Gasteiger partial charge is 0.485 e. The molecule has 208 valence electrons. The Morgan fingerprint density at radius 1 is 1.24 bits per heavy atom. The van der Waals surface area contributed by atoms with Gasteiger partial charge in [0.2, 0.25) is 12.0 Å². The van der Waals surface area contributed by atoms with Gasteiger partial charge in [-0.2, -0.15) is 0 Å². The number of likely N-dealkylation sites (N-methyl/N-ethyl adjacent to an activating group) is 1. The number of ether oxygens (including phenoxy) is 4. The number of aliphatic hydroxyl groups is 5. The number of nitrogens with one attached hydrogen (secondary N) is 1. The van der Waals surface area contributed by atoms with Crippen LogP contribution >= 0.6 is 0 Å². The average molecular weight is 528 g/mol. The van der Waals surface area contributed by atoms with Gasteiger partial charge in [0.15, 0.2) is 16.9 Å². The van der Waals surface area contributed by atoms with Crippen molar-refractivity contribution < 1.29 is 53.7 Å². The van der Waals surface area contributed by atoms with Crippen molar-refractivity contribution in [1.29, 1.82) is 0 Å². The Morgan fingerprint density at radius 2 is 2.03 bits per heavy atom. The Labute approximate surface area is 214 Å². The van der Waals surface area contributed by atoms with Gasteiger partial charge in [-0.3, -0.25) is 4.79 Å². The highest BCUT2D eigenvalue weighted by Gasteiger charge is 2.56. The monoisotopic (exact) mass is 527 g/mol. The SMILES string of the molecule is CCOC(=O)CCc1cc2ccoc2c(OCCNC)c1O[C@@H]1O[C@H](CO)[C@@H](O)[C@H](O)[C@]1(O)CCCO. The molecule has 0 bridgehead atoms. The predicted octanol–water partition coefficient (Wildman–Crippen LogP) is -0.152. The molecule has 0 saturated carbocycles. The van der Waals surface area contributed by atoms with E-state index in [4.69, 9.17) is 23.4 Å². The second-order valence-electron chi connectivity index (χ2n) is 8.85. The van der Waals surface area contributed by atoms with Crippen molar-refractivity contribution in [3.63, 3.8) is 0 Å². The van der Waals surface area contributed by atoms with Crippen molar-refractivity contribution in [3.8, 4) is 11.5 Å². The van der Waals surface area contributed by atoms with Crippen LogP contribution in [0.3, 0.4) is 0 Å². The van der Waals surface area contributed by atoms with Gasteiger partial charge in [-0.25, -0.2) is 0 Å². The van der Waals surface area contributed by atoms with Gasteiger partial charge >= 0.3 is 5.97 Å². The summed E-state index contributed by atoms with van der Waals surface area (Å²) in [6.45, 7) is 1.73. The highest BCUT2D eigenvalue weighted by molar-refractivity contribution is 5.87. The summed E-state index contributed by atoms with van der Waals surface area (Å²) in [5.74, 6) is -0.105. The molecule has 1 saturated heterocycles. The molecule has 37 heavy (non-hydrogen) atoms. The average Bonchev–Trinajstić information content (AvgIpc) is 3.36. The summed E-state index contributed by atoms with van der Waals surface area (Å²) in [5, 5.41) is 55.3. The van der Waals surface area contributed by atoms with Crippen LogP contribution in [0, 0.1) is 0 Å². The molecule has 12 heteroatoms. The zero-order chi connectivity index (χ0) is 27.0. The van der Waals surface area contributed by atoms with E-state index in [2.05, 4.69) is 5.32 Å². The summed E-state index contributed by atoms with van der Waals surface area (Å²) in [5.41, 5.74) is -1.26. The van der Waals surface area contributed by atoms with Gasteiger partial charge in [-0.05, 0) is 50.9 Å². The quantitative estimate of drug-likeness (QED) is 0.141. The number of aryl methyl sites for hydroxylation is 1. The van der Waals surface area contributed by atoms with Crippen LogP contribution in [-0.4, -0.2) is 102 Å². The van der Waals surface area contributed by atoms with Crippen LogP contribution in [0.5, 0.6) is 11.5 Å². The summed E-state index contributed by atoms with van der Waals surface area (Å²) in [6, 6.07) is 3.48. The first kappa shape index (κ1) is 29.1. The molecule has 0 spiro atoms. The second-order valence-corrected chi connectivity index (χ2v) is 8.85. The Bertz CT molecular complexity index is 1010. The van der Waals surface area contributed by atoms with Crippen LogP contribution in [0.2, 0.25) is 0 Å². The smallest absolute Gasteiger partial charge is 0.306 e. The Hall–Kier alpha value is -2.45. The number of rotatable bonds is 14. The zero-order valence-corrected chi connectivity index (χ0v) is 21.1. The van der Waals surface area contributed by atoms with E-state index in [0.29, 0.717) is 23.1 Å². The molecule has 0 unspecified atom stereocenters. The fraction of sp³-hybridized carbons (Fsp3) is 0.640. The van der Waals surface area contributed by atoms with Gasteiger partial charge in [0.25, 0.3) is 0 Å². The predicted molar refractivity (Wildman–Crippen MR) is 130 cm³/mol. The molecule has 5 atom stereocenters. The standard InChI is InChI=1S/C25H37NO11/c1-3-33-18(29)6-5-15-13-16-7-11-34-20(16)22(35-12-9-26-2)21(15)37-24-25(32,8-4-10-27)23(31)19(30)17(14-28)36-24/h7,11,13,17,19,23-24,26-28,30-32H,3-6,8-10,12,14H2,1-2H3/t17-,19-,23+,24+,25-/m1/s1. The second kappa shape index (κ2) is 13.4. The maximum atomic E-state index is 12.1. The molecule has 2 heterocycles. The molecule has 1 aromatic heterocycles. The van der Waals surface area contributed by atoms with Crippen molar-refractivity contribution >= 4 is 16.9 Å². The van der Waals surface area contributed by atoms with Crippen LogP contribution in [0.15, 0.2) is 22.8 Å². The topological polar surface area (TPSA) is 180 Å². The number of furan rings is 1. The van der Waals surface area contributed by atoms with Crippen molar-refractivity contribution in [2.75, 3.05) is 40.0 Å². The highest BCUT2D eigenvalue weighted by atomic mass is 16.7. The number of esters is 1. The number of carbonyl (C=O) groups is 1. The first-order valence-corrected chi connectivity index (χ1v) is 12.4. The molecule has 1 fully saturated rings. The minimum Gasteiger partial charge on any atom is -0.485 e. The third-order valence-electron chi connectivity index (χ3n) is 6.30. The summed E-state index contributed by atoms with van der Waals surface area (Å²) in [6.07, 6.45) is -4.58. The fourth-order valence-corrected chi connectivity index (χ4v) is 4.30. The minimum absolute atomic E-state index is 0.0322. The maximum Gasteiger partial charge on any atom is 0.306 e. The normalized spacial score (nSPS) is 25.8. The first-order valence-electron chi connectivity index (χ1n) is 12.4. The lowest BCUT2D eigenvalue weighted by molar-refractivity contribution is -0.322. The number of hydrogen-bond acceptors (Lipinski definition) is 12. The number of carbonyl (C=O) groups excluding carboxylic acids is 1. The van der Waals surface area contributed by atoms with Crippen molar-refractivity contribution in [3.05, 3.63) is 24.0 Å². The number of fused-ring (bicyclic) bond motifs is 1. The van der Waals surface area contributed by atoms with E-state index in [1.165, 1.54) is 6.26 Å². The molecule has 12 nitrogen and oxygen atoms in total. The van der Waals surface area contributed by atoms with E-state index >= 15 is 0 Å². The van der Waals surface area contributed by atoms with Crippen LogP contribution in [-0.2, 0) is 20.7 Å². The number of benzene rings is 1. The minimum atomic E-state index is -2.15. The van der Waals surface area contributed by atoms with Gasteiger partial charge in [0.05, 0.1) is 19.5 Å². The van der Waals surface area contributed by atoms with Crippen LogP contribution in [0.25, 0.3) is 11.0 Å². The van der Waals surface area contributed by atoms with Crippen LogP contribution in [0.4, 0.5) is 0 Å². The molecule has 1 aliphatic heterocycles. The summed E-state index contributed by atoms with van der Waals surface area (Å²) in [7, 11) is 1.76. The van der Waals surface area contributed by atoms with Gasteiger partial charge in [-0.1, -0.05) is 0 Å². The number of hydrogen-bond donors (Lipinski definition) is 6. The molecule has 1 aliphatic rings. The van der Waals surface area contributed by atoms with Crippen molar-refractivity contribution in [2.24, 2.45) is 0 Å². The van der Waals surface area contributed by atoms with Crippen molar-refractivity contribution in [1.82, 2.24) is 5.32 Å². The van der Waals surface area contributed by atoms with E-state index < -0.39 is 42.8 Å².